The zero-order chi connectivity index (χ0) is 18.8. The second kappa shape index (κ2) is 7.96. The van der Waals surface area contributed by atoms with Crippen LogP contribution in [0.15, 0.2) is 60.7 Å². The van der Waals surface area contributed by atoms with Crippen LogP contribution in [0.25, 0.3) is 0 Å². The average Bonchev–Trinajstić information content (AvgIpc) is 2.80. The summed E-state index contributed by atoms with van der Waals surface area (Å²) < 4.78 is 19.2. The molecule has 0 unspecified atom stereocenters. The number of rotatable bonds is 5. The standard InChI is InChI=1S/C24H29NO3/c1-3-7-20(8-4-1)24(21-9-5-2-6-10-21)18-26-16-22(28-24)17-27-23-15-25-13-11-19(23)12-14-25/h1-10,19,22-23H,11-18H2/t22-,23+/m0/s1. The quantitative estimate of drug-likeness (QED) is 0.796. The molecule has 2 aromatic rings. The smallest absolute Gasteiger partial charge is 0.142 e. The molecule has 4 aliphatic heterocycles. The minimum atomic E-state index is -0.579. The Bertz CT molecular complexity index is 718. The Kier molecular flexibility index (Phi) is 5.20. The average molecular weight is 380 g/mol. The van der Waals surface area contributed by atoms with Gasteiger partial charge in [0.15, 0.2) is 0 Å². The molecule has 6 rings (SSSR count). The molecule has 0 aromatic heterocycles. The predicted octanol–water partition coefficient (Wildman–Crippen LogP) is 3.46. The van der Waals surface area contributed by atoms with Crippen LogP contribution < -0.4 is 0 Å². The first-order valence-corrected chi connectivity index (χ1v) is 10.5. The first-order chi connectivity index (χ1) is 13.8. The molecule has 2 aromatic carbocycles. The van der Waals surface area contributed by atoms with Gasteiger partial charge in [0.1, 0.15) is 11.7 Å². The van der Waals surface area contributed by atoms with E-state index in [2.05, 4.69) is 53.4 Å². The second-order valence-corrected chi connectivity index (χ2v) is 8.32. The Hall–Kier alpha value is -1.72. The maximum Gasteiger partial charge on any atom is 0.142 e. The van der Waals surface area contributed by atoms with E-state index in [4.69, 9.17) is 14.2 Å². The maximum atomic E-state index is 6.75. The van der Waals surface area contributed by atoms with Crippen LogP contribution in [0.5, 0.6) is 0 Å². The highest BCUT2D eigenvalue weighted by Crippen LogP contribution is 2.38. The van der Waals surface area contributed by atoms with E-state index >= 15 is 0 Å². The summed E-state index contributed by atoms with van der Waals surface area (Å²) in [4.78, 5) is 2.53. The van der Waals surface area contributed by atoms with Crippen LogP contribution in [0.2, 0.25) is 0 Å². The third kappa shape index (κ3) is 3.50. The molecule has 28 heavy (non-hydrogen) atoms. The van der Waals surface area contributed by atoms with Crippen LogP contribution in [-0.2, 0) is 19.8 Å². The number of piperidine rings is 3. The highest BCUT2D eigenvalue weighted by molar-refractivity contribution is 5.37. The van der Waals surface area contributed by atoms with E-state index in [0.717, 1.165) is 17.7 Å². The number of hydrogen-bond donors (Lipinski definition) is 0. The largest absolute Gasteiger partial charge is 0.375 e. The molecule has 4 nitrogen and oxygen atoms in total. The van der Waals surface area contributed by atoms with Gasteiger partial charge in [0.2, 0.25) is 0 Å². The van der Waals surface area contributed by atoms with E-state index < -0.39 is 5.60 Å². The molecular weight excluding hydrogens is 350 g/mol. The highest BCUT2D eigenvalue weighted by Gasteiger charge is 2.42. The molecule has 0 amide bonds. The van der Waals surface area contributed by atoms with E-state index in [-0.39, 0.29) is 6.10 Å². The number of nitrogens with zero attached hydrogens (tertiary/aromatic N) is 1. The Morgan fingerprint density at radius 2 is 1.57 bits per heavy atom. The summed E-state index contributed by atoms with van der Waals surface area (Å²) in [5.74, 6) is 0.711. The lowest BCUT2D eigenvalue weighted by Gasteiger charge is -2.46. The second-order valence-electron chi connectivity index (χ2n) is 8.32. The van der Waals surface area contributed by atoms with Crippen molar-refractivity contribution in [2.75, 3.05) is 39.5 Å². The number of fused-ring (bicyclic) bond motifs is 3. The van der Waals surface area contributed by atoms with Crippen LogP contribution in [0, 0.1) is 5.92 Å². The third-order valence-electron chi connectivity index (χ3n) is 6.55. The van der Waals surface area contributed by atoms with Crippen molar-refractivity contribution in [1.82, 2.24) is 4.90 Å². The monoisotopic (exact) mass is 379 g/mol. The van der Waals surface area contributed by atoms with Crippen molar-refractivity contribution < 1.29 is 14.2 Å². The number of hydrogen-bond acceptors (Lipinski definition) is 4. The van der Waals surface area contributed by atoms with Crippen LogP contribution in [-0.4, -0.2) is 56.6 Å². The summed E-state index contributed by atoms with van der Waals surface area (Å²) in [7, 11) is 0. The van der Waals surface area contributed by atoms with Crippen LogP contribution in [0.3, 0.4) is 0 Å². The van der Waals surface area contributed by atoms with Gasteiger partial charge in [-0.1, -0.05) is 60.7 Å². The van der Waals surface area contributed by atoms with Crippen molar-refractivity contribution in [2.24, 2.45) is 5.92 Å². The van der Waals surface area contributed by atoms with Crippen LogP contribution in [0.1, 0.15) is 24.0 Å². The van der Waals surface area contributed by atoms with Crippen molar-refractivity contribution in [3.8, 4) is 0 Å². The molecule has 0 N–H and O–H groups in total. The molecular formula is C24H29NO3. The molecule has 0 spiro atoms. The van der Waals surface area contributed by atoms with Crippen molar-refractivity contribution in [3.05, 3.63) is 71.8 Å². The predicted molar refractivity (Wildman–Crippen MR) is 108 cm³/mol. The summed E-state index contributed by atoms with van der Waals surface area (Å²) in [6, 6.07) is 20.9. The fourth-order valence-corrected chi connectivity index (χ4v) is 4.98. The summed E-state index contributed by atoms with van der Waals surface area (Å²) >= 11 is 0. The number of benzene rings is 2. The molecule has 148 valence electrons. The van der Waals surface area contributed by atoms with Gasteiger partial charge in [-0.05, 0) is 43.0 Å². The van der Waals surface area contributed by atoms with Gasteiger partial charge in [-0.25, -0.2) is 0 Å². The first kappa shape index (κ1) is 18.3. The van der Waals surface area contributed by atoms with E-state index in [1.165, 1.54) is 25.9 Å². The fourth-order valence-electron chi connectivity index (χ4n) is 4.98. The fraction of sp³-hybridized carbons (Fsp3) is 0.500. The topological polar surface area (TPSA) is 30.9 Å². The Morgan fingerprint density at radius 3 is 2.14 bits per heavy atom. The molecule has 4 heterocycles. The normalized spacial score (nSPS) is 31.6. The molecule has 2 atom stereocenters. The summed E-state index contributed by atoms with van der Waals surface area (Å²) in [5, 5.41) is 0. The molecule has 0 saturated carbocycles. The van der Waals surface area contributed by atoms with Gasteiger partial charge in [-0.15, -0.1) is 0 Å². The molecule has 4 saturated heterocycles. The Morgan fingerprint density at radius 1 is 0.929 bits per heavy atom. The molecule has 4 fully saturated rings. The van der Waals surface area contributed by atoms with E-state index in [1.807, 2.05) is 12.1 Å². The number of ether oxygens (including phenoxy) is 3. The van der Waals surface area contributed by atoms with Gasteiger partial charge in [-0.2, -0.15) is 0 Å². The zero-order valence-electron chi connectivity index (χ0n) is 16.3. The van der Waals surface area contributed by atoms with Gasteiger partial charge in [0.05, 0.1) is 25.9 Å². The van der Waals surface area contributed by atoms with Gasteiger partial charge < -0.3 is 19.1 Å². The molecule has 4 aliphatic rings. The van der Waals surface area contributed by atoms with Gasteiger partial charge in [-0.3, -0.25) is 0 Å². The maximum absolute atomic E-state index is 6.75. The lowest BCUT2D eigenvalue weighted by Crippen LogP contribution is -2.53. The summed E-state index contributed by atoms with van der Waals surface area (Å²) in [6.07, 6.45) is 2.82. The van der Waals surface area contributed by atoms with Crippen LogP contribution >= 0.6 is 0 Å². The first-order valence-electron chi connectivity index (χ1n) is 10.5. The van der Waals surface area contributed by atoms with Crippen molar-refractivity contribution in [3.63, 3.8) is 0 Å². The summed E-state index contributed by atoms with van der Waals surface area (Å²) in [5.41, 5.74) is 1.69. The Balaban J connectivity index is 1.34. The molecule has 2 bridgehead atoms. The van der Waals surface area contributed by atoms with Crippen molar-refractivity contribution in [1.29, 1.82) is 0 Å². The Labute approximate surface area is 167 Å². The highest BCUT2D eigenvalue weighted by atomic mass is 16.6. The van der Waals surface area contributed by atoms with Gasteiger partial charge in [0.25, 0.3) is 0 Å². The van der Waals surface area contributed by atoms with Gasteiger partial charge >= 0.3 is 0 Å². The molecule has 0 aliphatic carbocycles. The lowest BCUT2D eigenvalue weighted by atomic mass is 9.85. The van der Waals surface area contributed by atoms with Crippen molar-refractivity contribution >= 4 is 0 Å². The minimum Gasteiger partial charge on any atom is -0.375 e. The third-order valence-corrected chi connectivity index (χ3v) is 6.55. The zero-order valence-corrected chi connectivity index (χ0v) is 16.3. The SMILES string of the molecule is c1ccc(C2(c3ccccc3)COC[C@@H](CO[C@@H]3CN4CCC3CC4)O2)cc1. The lowest BCUT2D eigenvalue weighted by molar-refractivity contribution is -0.209. The van der Waals surface area contributed by atoms with E-state index in [1.54, 1.807) is 0 Å². The van der Waals surface area contributed by atoms with Crippen LogP contribution in [0.4, 0.5) is 0 Å². The molecule has 0 radical (unpaired) electrons. The van der Waals surface area contributed by atoms with E-state index in [9.17, 15) is 0 Å². The van der Waals surface area contributed by atoms with Crippen molar-refractivity contribution in [2.45, 2.75) is 30.7 Å². The molecule has 4 heteroatoms. The van der Waals surface area contributed by atoms with E-state index in [0.29, 0.717) is 31.8 Å². The minimum absolute atomic E-state index is 0.0652. The summed E-state index contributed by atoms with van der Waals surface area (Å²) in [6.45, 7) is 5.24. The van der Waals surface area contributed by atoms with Gasteiger partial charge in [0, 0.05) is 6.54 Å².